The molecule has 1 aromatic carbocycles. The molecule has 0 N–H and O–H groups in total. The van der Waals surface area contributed by atoms with Gasteiger partial charge in [0.15, 0.2) is 5.65 Å². The molecule has 1 aliphatic rings. The number of nitrogens with zero attached hydrogens (tertiary/aromatic N) is 4. The van der Waals surface area contributed by atoms with Crippen molar-refractivity contribution in [2.45, 2.75) is 26.2 Å². The van der Waals surface area contributed by atoms with Gasteiger partial charge in [0.1, 0.15) is 0 Å². The van der Waals surface area contributed by atoms with Crippen molar-refractivity contribution in [2.75, 3.05) is 0 Å². The van der Waals surface area contributed by atoms with Crippen molar-refractivity contribution >= 4 is 21.9 Å². The summed E-state index contributed by atoms with van der Waals surface area (Å²) in [6.45, 7) is 2.04. The van der Waals surface area contributed by atoms with Gasteiger partial charge in [-0.25, -0.2) is 9.67 Å². The second-order valence-corrected chi connectivity index (χ2v) is 6.18. The van der Waals surface area contributed by atoms with Crippen molar-refractivity contribution in [1.82, 2.24) is 19.7 Å². The molecule has 0 fully saturated rings. The van der Waals surface area contributed by atoms with E-state index in [1.165, 1.54) is 17.7 Å². The van der Waals surface area contributed by atoms with Gasteiger partial charge in [0.05, 0.1) is 22.3 Å². The quantitative estimate of drug-likeness (QED) is 0.537. The maximum absolute atomic E-state index is 4.96. The van der Waals surface area contributed by atoms with E-state index in [0.29, 0.717) is 0 Å². The van der Waals surface area contributed by atoms with Gasteiger partial charge in [-0.3, -0.25) is 4.98 Å². The molecule has 4 heteroatoms. The van der Waals surface area contributed by atoms with Crippen molar-refractivity contribution < 1.29 is 0 Å². The molecule has 0 aliphatic heterocycles. The molecule has 0 unspecified atom stereocenters. The molecule has 0 amide bonds. The monoisotopic (exact) mass is 300 g/mol. The van der Waals surface area contributed by atoms with Crippen molar-refractivity contribution in [2.24, 2.45) is 0 Å². The molecule has 0 saturated carbocycles. The maximum atomic E-state index is 4.96. The van der Waals surface area contributed by atoms with Gasteiger partial charge in [0.25, 0.3) is 0 Å². The molecular weight excluding hydrogens is 284 g/mol. The van der Waals surface area contributed by atoms with Gasteiger partial charge >= 0.3 is 0 Å². The lowest BCUT2D eigenvalue weighted by Crippen LogP contribution is -1.97. The summed E-state index contributed by atoms with van der Waals surface area (Å²) in [6, 6.07) is 12.4. The first kappa shape index (κ1) is 12.8. The molecule has 3 aromatic heterocycles. The van der Waals surface area contributed by atoms with Crippen LogP contribution in [-0.2, 0) is 12.8 Å². The number of fused-ring (bicyclic) bond motifs is 4. The maximum Gasteiger partial charge on any atom is 0.165 e. The molecule has 5 rings (SSSR count). The van der Waals surface area contributed by atoms with Crippen LogP contribution in [0.4, 0.5) is 0 Å². The standard InChI is InChI=1S/C19H16N4/c1-12-17-18-14(10-13-6-5-9-16(13)21-18)11-20-19(17)23(22-12)15-7-3-2-4-8-15/h2-4,7-8,10-11H,5-6,9H2,1H3. The first-order chi connectivity index (χ1) is 11.3. The van der Waals surface area contributed by atoms with Crippen LogP contribution in [0.1, 0.15) is 23.4 Å². The smallest absolute Gasteiger partial charge is 0.165 e. The fourth-order valence-corrected chi connectivity index (χ4v) is 3.58. The second-order valence-electron chi connectivity index (χ2n) is 6.18. The normalized spacial score (nSPS) is 13.8. The summed E-state index contributed by atoms with van der Waals surface area (Å²) in [7, 11) is 0. The molecule has 4 aromatic rings. The van der Waals surface area contributed by atoms with Crippen molar-refractivity contribution in [3.05, 3.63) is 59.5 Å². The molecule has 4 nitrogen and oxygen atoms in total. The third-order valence-electron chi connectivity index (χ3n) is 4.68. The third kappa shape index (κ3) is 1.81. The number of hydrogen-bond acceptors (Lipinski definition) is 3. The van der Waals surface area contributed by atoms with Gasteiger partial charge < -0.3 is 0 Å². The highest BCUT2D eigenvalue weighted by atomic mass is 15.3. The number of hydrogen-bond donors (Lipinski definition) is 0. The number of benzene rings is 1. The summed E-state index contributed by atoms with van der Waals surface area (Å²) in [4.78, 5) is 9.65. The molecule has 0 radical (unpaired) electrons. The Morgan fingerprint density at radius 1 is 1.09 bits per heavy atom. The Kier molecular flexibility index (Phi) is 2.56. The van der Waals surface area contributed by atoms with Crippen molar-refractivity contribution in [1.29, 1.82) is 0 Å². The van der Waals surface area contributed by atoms with E-state index < -0.39 is 0 Å². The Morgan fingerprint density at radius 2 is 1.96 bits per heavy atom. The van der Waals surface area contributed by atoms with Crippen molar-refractivity contribution in [3.63, 3.8) is 0 Å². The van der Waals surface area contributed by atoms with Crippen LogP contribution in [0.2, 0.25) is 0 Å². The van der Waals surface area contributed by atoms with E-state index in [1.54, 1.807) is 0 Å². The lowest BCUT2D eigenvalue weighted by atomic mass is 10.1. The molecule has 112 valence electrons. The largest absolute Gasteiger partial charge is 0.252 e. The van der Waals surface area contributed by atoms with E-state index in [0.717, 1.165) is 46.2 Å². The van der Waals surface area contributed by atoms with Crippen molar-refractivity contribution in [3.8, 4) is 5.69 Å². The van der Waals surface area contributed by atoms with Gasteiger partial charge in [-0.1, -0.05) is 18.2 Å². The van der Waals surface area contributed by atoms with Gasteiger partial charge in [0.2, 0.25) is 0 Å². The third-order valence-corrected chi connectivity index (χ3v) is 4.68. The Labute approximate surface area is 133 Å². The molecule has 0 atom stereocenters. The molecule has 1 aliphatic carbocycles. The summed E-state index contributed by atoms with van der Waals surface area (Å²) in [5.74, 6) is 0. The van der Waals surface area contributed by atoms with Crippen LogP contribution in [-0.4, -0.2) is 19.7 Å². The first-order valence-electron chi connectivity index (χ1n) is 8.03. The first-order valence-corrected chi connectivity index (χ1v) is 8.03. The molecule has 0 saturated heterocycles. The number of aromatic nitrogens is 4. The second kappa shape index (κ2) is 4.62. The summed E-state index contributed by atoms with van der Waals surface area (Å²) in [5, 5.41) is 6.91. The Bertz CT molecular complexity index is 1050. The average Bonchev–Trinajstić information content (AvgIpc) is 3.17. The average molecular weight is 300 g/mol. The predicted molar refractivity (Wildman–Crippen MR) is 90.9 cm³/mol. The fraction of sp³-hybridized carbons (Fsp3) is 0.211. The minimum atomic E-state index is 0.881. The van der Waals surface area contributed by atoms with Crippen LogP contribution in [0.3, 0.4) is 0 Å². The summed E-state index contributed by atoms with van der Waals surface area (Å²) >= 11 is 0. The molecule has 3 heterocycles. The van der Waals surface area contributed by atoms with Crippen LogP contribution in [0.25, 0.3) is 27.6 Å². The molecule has 23 heavy (non-hydrogen) atoms. The number of para-hydroxylation sites is 1. The van der Waals surface area contributed by atoms with E-state index >= 15 is 0 Å². The Balaban J connectivity index is 1.87. The summed E-state index contributed by atoms with van der Waals surface area (Å²) in [6.07, 6.45) is 5.36. The minimum absolute atomic E-state index is 0.881. The van der Waals surface area contributed by atoms with Crippen LogP contribution < -0.4 is 0 Å². The molecule has 0 spiro atoms. The molecule has 0 bridgehead atoms. The zero-order valence-corrected chi connectivity index (χ0v) is 13.0. The lowest BCUT2D eigenvalue weighted by molar-refractivity contribution is 0.878. The van der Waals surface area contributed by atoms with E-state index in [4.69, 9.17) is 15.1 Å². The highest BCUT2D eigenvalue weighted by Gasteiger charge is 2.18. The number of aryl methyl sites for hydroxylation is 3. The van der Waals surface area contributed by atoms with E-state index in [1.807, 2.05) is 48.1 Å². The van der Waals surface area contributed by atoms with Gasteiger partial charge in [-0.2, -0.15) is 5.10 Å². The van der Waals surface area contributed by atoms with Crippen LogP contribution in [0.15, 0.2) is 42.6 Å². The van der Waals surface area contributed by atoms with Gasteiger partial charge in [-0.15, -0.1) is 0 Å². The Morgan fingerprint density at radius 3 is 2.83 bits per heavy atom. The van der Waals surface area contributed by atoms with E-state index in [2.05, 4.69) is 6.07 Å². The van der Waals surface area contributed by atoms with Crippen LogP contribution in [0.5, 0.6) is 0 Å². The highest BCUT2D eigenvalue weighted by Crippen LogP contribution is 2.30. The topological polar surface area (TPSA) is 43.6 Å². The van der Waals surface area contributed by atoms with Gasteiger partial charge in [0, 0.05) is 17.3 Å². The SMILES string of the molecule is Cc1nn(-c2ccccc2)c2ncc3cc4c(nc3c12)CCC4. The summed E-state index contributed by atoms with van der Waals surface area (Å²) < 4.78 is 1.92. The fourth-order valence-electron chi connectivity index (χ4n) is 3.58. The van der Waals surface area contributed by atoms with E-state index in [9.17, 15) is 0 Å². The van der Waals surface area contributed by atoms with Gasteiger partial charge in [-0.05, 0) is 49.9 Å². The summed E-state index contributed by atoms with van der Waals surface area (Å²) in [5.41, 5.74) is 6.55. The zero-order valence-electron chi connectivity index (χ0n) is 13.0. The zero-order chi connectivity index (χ0) is 15.4. The predicted octanol–water partition coefficient (Wildman–Crippen LogP) is 3.77. The van der Waals surface area contributed by atoms with Crippen LogP contribution >= 0.6 is 0 Å². The van der Waals surface area contributed by atoms with E-state index in [-0.39, 0.29) is 0 Å². The lowest BCUT2D eigenvalue weighted by Gasteiger charge is -2.05. The Hall–Kier alpha value is -2.75. The number of rotatable bonds is 1. The highest BCUT2D eigenvalue weighted by molar-refractivity contribution is 6.03. The molecular formula is C19H16N4. The number of pyridine rings is 2. The minimum Gasteiger partial charge on any atom is -0.252 e. The van der Waals surface area contributed by atoms with Crippen LogP contribution in [0, 0.1) is 6.92 Å².